The Bertz CT molecular complexity index is 558. The second-order valence-corrected chi connectivity index (χ2v) is 4.53. The lowest BCUT2D eigenvalue weighted by Gasteiger charge is -2.14. The summed E-state index contributed by atoms with van der Waals surface area (Å²) in [6.07, 6.45) is 0. The minimum absolute atomic E-state index is 0.0989. The van der Waals surface area contributed by atoms with E-state index in [0.717, 1.165) is 4.90 Å². The molecule has 21 heavy (non-hydrogen) atoms. The minimum atomic E-state index is -0.391. The number of hydrazine groups is 1. The highest BCUT2D eigenvalue weighted by atomic mass is 16.5. The number of imide groups is 1. The summed E-state index contributed by atoms with van der Waals surface area (Å²) in [4.78, 5) is 36.9. The van der Waals surface area contributed by atoms with Crippen molar-refractivity contribution < 1.29 is 19.1 Å². The van der Waals surface area contributed by atoms with Crippen LogP contribution in [0.2, 0.25) is 0 Å². The summed E-state index contributed by atoms with van der Waals surface area (Å²) in [7, 11) is 1.57. The molecule has 0 aliphatic carbocycles. The SMILES string of the molecule is CN1CC(=O)N(CCOc2ccc(C(=O)NN)cc2)C1=O. The quantitative estimate of drug-likeness (QED) is 0.331. The summed E-state index contributed by atoms with van der Waals surface area (Å²) in [5, 5.41) is 0. The van der Waals surface area contributed by atoms with E-state index in [4.69, 9.17) is 10.6 Å². The summed E-state index contributed by atoms with van der Waals surface area (Å²) in [5.41, 5.74) is 2.44. The number of benzene rings is 1. The van der Waals surface area contributed by atoms with Gasteiger partial charge in [0, 0.05) is 12.6 Å². The number of nitrogens with two attached hydrogens (primary N) is 1. The van der Waals surface area contributed by atoms with E-state index in [0.29, 0.717) is 11.3 Å². The van der Waals surface area contributed by atoms with E-state index >= 15 is 0 Å². The highest BCUT2D eigenvalue weighted by Crippen LogP contribution is 2.13. The maximum absolute atomic E-state index is 11.6. The van der Waals surface area contributed by atoms with Crippen LogP contribution in [-0.2, 0) is 4.79 Å². The highest BCUT2D eigenvalue weighted by Gasteiger charge is 2.32. The van der Waals surface area contributed by atoms with E-state index in [1.807, 2.05) is 5.43 Å². The van der Waals surface area contributed by atoms with Crippen molar-refractivity contribution in [3.63, 3.8) is 0 Å². The van der Waals surface area contributed by atoms with Crippen LogP contribution >= 0.6 is 0 Å². The zero-order valence-corrected chi connectivity index (χ0v) is 11.5. The molecule has 1 aliphatic rings. The Hall–Kier alpha value is -2.61. The van der Waals surface area contributed by atoms with Gasteiger partial charge in [-0.25, -0.2) is 10.6 Å². The van der Waals surface area contributed by atoms with E-state index in [2.05, 4.69) is 0 Å². The Balaban J connectivity index is 1.85. The van der Waals surface area contributed by atoms with Crippen molar-refractivity contribution in [3.05, 3.63) is 29.8 Å². The molecule has 8 heteroatoms. The van der Waals surface area contributed by atoms with Crippen LogP contribution in [0, 0.1) is 0 Å². The fraction of sp³-hybridized carbons (Fsp3) is 0.308. The van der Waals surface area contributed by atoms with Crippen LogP contribution in [0.1, 0.15) is 10.4 Å². The lowest BCUT2D eigenvalue weighted by atomic mass is 10.2. The van der Waals surface area contributed by atoms with Crippen molar-refractivity contribution in [2.75, 3.05) is 26.7 Å². The topological polar surface area (TPSA) is 105 Å². The highest BCUT2D eigenvalue weighted by molar-refractivity contribution is 6.01. The number of amides is 4. The molecule has 0 atom stereocenters. The van der Waals surface area contributed by atoms with Crippen LogP contribution < -0.4 is 16.0 Å². The second kappa shape index (κ2) is 6.23. The summed E-state index contributed by atoms with van der Waals surface area (Å²) in [6, 6.07) is 6.04. The number of hydrogen-bond donors (Lipinski definition) is 2. The number of urea groups is 1. The molecule has 0 unspecified atom stereocenters. The maximum atomic E-state index is 11.6. The van der Waals surface area contributed by atoms with Crippen molar-refractivity contribution in [2.24, 2.45) is 5.84 Å². The molecule has 1 heterocycles. The van der Waals surface area contributed by atoms with Crippen molar-refractivity contribution in [3.8, 4) is 5.75 Å². The smallest absolute Gasteiger partial charge is 0.327 e. The van der Waals surface area contributed by atoms with E-state index in [1.165, 1.54) is 4.90 Å². The van der Waals surface area contributed by atoms with Gasteiger partial charge in [0.15, 0.2) is 0 Å². The van der Waals surface area contributed by atoms with E-state index in [-0.39, 0.29) is 31.6 Å². The van der Waals surface area contributed by atoms with Gasteiger partial charge in [-0.15, -0.1) is 0 Å². The average molecular weight is 292 g/mol. The molecule has 1 aromatic carbocycles. The molecule has 0 bridgehead atoms. The number of nitrogens with one attached hydrogen (secondary N) is 1. The molecule has 1 saturated heterocycles. The van der Waals surface area contributed by atoms with Gasteiger partial charge < -0.3 is 9.64 Å². The van der Waals surface area contributed by atoms with Crippen molar-refractivity contribution in [1.29, 1.82) is 0 Å². The number of rotatable bonds is 5. The van der Waals surface area contributed by atoms with Crippen LogP contribution in [-0.4, -0.2) is 54.4 Å². The van der Waals surface area contributed by atoms with E-state index < -0.39 is 5.91 Å². The summed E-state index contributed by atoms with van der Waals surface area (Å²) >= 11 is 0. The molecular weight excluding hydrogens is 276 g/mol. The molecule has 1 fully saturated rings. The normalized spacial score (nSPS) is 14.6. The lowest BCUT2D eigenvalue weighted by Crippen LogP contribution is -2.35. The predicted octanol–water partition coefficient (Wildman–Crippen LogP) is -0.437. The van der Waals surface area contributed by atoms with Gasteiger partial charge in [-0.1, -0.05) is 0 Å². The molecule has 1 aromatic rings. The van der Waals surface area contributed by atoms with Gasteiger partial charge in [0.1, 0.15) is 18.9 Å². The summed E-state index contributed by atoms with van der Waals surface area (Å²) in [6.45, 7) is 0.475. The summed E-state index contributed by atoms with van der Waals surface area (Å²) in [5.74, 6) is 4.94. The van der Waals surface area contributed by atoms with Crippen LogP contribution in [0.3, 0.4) is 0 Å². The first-order chi connectivity index (χ1) is 10.0. The number of carbonyl (C=O) groups is 3. The van der Waals surface area contributed by atoms with E-state index in [1.54, 1.807) is 31.3 Å². The fourth-order valence-electron chi connectivity index (χ4n) is 1.93. The first-order valence-corrected chi connectivity index (χ1v) is 6.32. The molecule has 0 aromatic heterocycles. The Morgan fingerprint density at radius 1 is 1.33 bits per heavy atom. The van der Waals surface area contributed by atoms with Gasteiger partial charge in [0.05, 0.1) is 6.54 Å². The third-order valence-corrected chi connectivity index (χ3v) is 3.06. The predicted molar refractivity (Wildman–Crippen MR) is 73.3 cm³/mol. The Labute approximate surface area is 121 Å². The van der Waals surface area contributed by atoms with Crippen molar-refractivity contribution in [1.82, 2.24) is 15.2 Å². The molecule has 3 N–H and O–H groups in total. The van der Waals surface area contributed by atoms with Gasteiger partial charge >= 0.3 is 6.03 Å². The van der Waals surface area contributed by atoms with Crippen LogP contribution in [0.5, 0.6) is 5.75 Å². The van der Waals surface area contributed by atoms with Gasteiger partial charge in [0.25, 0.3) is 5.91 Å². The molecule has 0 radical (unpaired) electrons. The van der Waals surface area contributed by atoms with Crippen LogP contribution in [0.4, 0.5) is 4.79 Å². The lowest BCUT2D eigenvalue weighted by molar-refractivity contribution is -0.125. The van der Waals surface area contributed by atoms with Crippen LogP contribution in [0.25, 0.3) is 0 Å². The number of nitrogen functional groups attached to an aromatic ring is 1. The van der Waals surface area contributed by atoms with Gasteiger partial charge in [0.2, 0.25) is 5.91 Å². The fourth-order valence-corrected chi connectivity index (χ4v) is 1.93. The standard InChI is InChI=1S/C13H16N4O4/c1-16-8-11(18)17(13(16)20)6-7-21-10-4-2-9(3-5-10)12(19)15-14/h2-5H,6-8,14H2,1H3,(H,15,19). The molecule has 0 saturated carbocycles. The zero-order valence-electron chi connectivity index (χ0n) is 11.5. The first kappa shape index (κ1) is 14.8. The minimum Gasteiger partial charge on any atom is -0.492 e. The third-order valence-electron chi connectivity index (χ3n) is 3.06. The van der Waals surface area contributed by atoms with Crippen LogP contribution in [0.15, 0.2) is 24.3 Å². The van der Waals surface area contributed by atoms with Gasteiger partial charge in [-0.2, -0.15) is 0 Å². The number of nitrogens with zero attached hydrogens (tertiary/aromatic N) is 2. The average Bonchev–Trinajstić information content (AvgIpc) is 2.73. The second-order valence-electron chi connectivity index (χ2n) is 4.53. The van der Waals surface area contributed by atoms with Gasteiger partial charge in [-0.05, 0) is 24.3 Å². The Morgan fingerprint density at radius 2 is 2.00 bits per heavy atom. The molecule has 1 aliphatic heterocycles. The zero-order chi connectivity index (χ0) is 15.4. The molecule has 4 amide bonds. The third kappa shape index (κ3) is 3.29. The Morgan fingerprint density at radius 3 is 2.52 bits per heavy atom. The molecule has 2 rings (SSSR count). The first-order valence-electron chi connectivity index (χ1n) is 6.32. The van der Waals surface area contributed by atoms with Crippen molar-refractivity contribution in [2.45, 2.75) is 0 Å². The monoisotopic (exact) mass is 292 g/mol. The van der Waals surface area contributed by atoms with E-state index in [9.17, 15) is 14.4 Å². The molecule has 8 nitrogen and oxygen atoms in total. The maximum Gasteiger partial charge on any atom is 0.327 e. The van der Waals surface area contributed by atoms with Gasteiger partial charge in [-0.3, -0.25) is 19.9 Å². The number of hydrogen-bond acceptors (Lipinski definition) is 5. The van der Waals surface area contributed by atoms with Crippen molar-refractivity contribution >= 4 is 17.8 Å². The molecule has 112 valence electrons. The number of likely N-dealkylation sites (N-methyl/N-ethyl adjacent to an activating group) is 1. The number of ether oxygens (including phenoxy) is 1. The Kier molecular flexibility index (Phi) is 4.39. The molecular formula is C13H16N4O4. The molecule has 0 spiro atoms. The largest absolute Gasteiger partial charge is 0.492 e. The summed E-state index contributed by atoms with van der Waals surface area (Å²) < 4.78 is 5.44. The number of carbonyl (C=O) groups excluding carboxylic acids is 3.